The lowest BCUT2D eigenvalue weighted by Crippen LogP contribution is -2.17. The number of rotatable bonds is 3. The average Bonchev–Trinajstić information content (AvgIpc) is 2.73. The number of hydrogen-bond donors (Lipinski definition) is 1. The van der Waals surface area contributed by atoms with Crippen molar-refractivity contribution < 1.29 is 8.78 Å². The Bertz CT molecular complexity index is 573. The molecular weight excluding hydrogens is 344 g/mol. The molecule has 0 spiro atoms. The van der Waals surface area contributed by atoms with E-state index in [1.165, 1.54) is 11.3 Å². The Hall–Kier alpha value is -0.490. The van der Waals surface area contributed by atoms with Gasteiger partial charge in [-0.1, -0.05) is 11.6 Å². The van der Waals surface area contributed by atoms with Crippen molar-refractivity contribution in [3.8, 4) is 0 Å². The lowest BCUT2D eigenvalue weighted by molar-refractivity contribution is 0.505. The highest BCUT2D eigenvalue weighted by molar-refractivity contribution is 9.11. The molecule has 0 aliphatic carbocycles. The first-order valence-corrected chi connectivity index (χ1v) is 7.08. The molecule has 18 heavy (non-hydrogen) atoms. The van der Waals surface area contributed by atoms with Crippen molar-refractivity contribution in [2.75, 3.05) is 7.05 Å². The minimum atomic E-state index is -0.939. The van der Waals surface area contributed by atoms with Gasteiger partial charge in [0.25, 0.3) is 0 Å². The average molecular weight is 353 g/mol. The van der Waals surface area contributed by atoms with Crippen molar-refractivity contribution >= 4 is 38.9 Å². The number of nitrogens with one attached hydrogen (secondary N) is 1. The molecule has 0 aliphatic rings. The fourth-order valence-electron chi connectivity index (χ4n) is 1.69. The first-order valence-electron chi connectivity index (χ1n) is 5.10. The maximum Gasteiger partial charge on any atom is 0.160 e. The molecule has 0 saturated heterocycles. The summed E-state index contributed by atoms with van der Waals surface area (Å²) in [5.74, 6) is -1.84. The molecule has 0 bridgehead atoms. The van der Waals surface area contributed by atoms with E-state index in [1.54, 1.807) is 7.05 Å². The fraction of sp³-hybridized carbons (Fsp3) is 0.167. The topological polar surface area (TPSA) is 12.0 Å². The molecule has 2 aromatic rings. The molecule has 1 nitrogen and oxygen atoms in total. The molecule has 0 saturated carbocycles. The van der Waals surface area contributed by atoms with Crippen LogP contribution in [0.15, 0.2) is 28.1 Å². The molecule has 0 aliphatic heterocycles. The third-order valence-electron chi connectivity index (χ3n) is 2.52. The highest BCUT2D eigenvalue weighted by Gasteiger charge is 2.19. The predicted octanol–water partition coefficient (Wildman–Crippen LogP) is 4.75. The van der Waals surface area contributed by atoms with E-state index >= 15 is 0 Å². The van der Waals surface area contributed by atoms with Crippen molar-refractivity contribution in [2.45, 2.75) is 6.04 Å². The van der Waals surface area contributed by atoms with E-state index in [0.29, 0.717) is 5.56 Å². The Morgan fingerprint density at radius 1 is 1.28 bits per heavy atom. The van der Waals surface area contributed by atoms with Gasteiger partial charge in [0.1, 0.15) is 0 Å². The van der Waals surface area contributed by atoms with Gasteiger partial charge in [-0.15, -0.1) is 11.3 Å². The summed E-state index contributed by atoms with van der Waals surface area (Å²) >= 11 is 10.9. The van der Waals surface area contributed by atoms with E-state index < -0.39 is 11.6 Å². The number of benzene rings is 1. The van der Waals surface area contributed by atoms with E-state index in [-0.39, 0.29) is 11.1 Å². The SMILES string of the molecule is CNC(c1ccc(Br)s1)c1cc(F)c(F)cc1Cl. The standard InChI is InChI=1S/C12H9BrClF2NS/c1-17-12(10-2-3-11(13)18-10)6-4-8(15)9(16)5-7(6)14/h2-5,12,17H,1H3. The van der Waals surface area contributed by atoms with Crippen LogP contribution in [0.3, 0.4) is 0 Å². The van der Waals surface area contributed by atoms with Gasteiger partial charge in [0.05, 0.1) is 9.83 Å². The van der Waals surface area contributed by atoms with Crippen LogP contribution >= 0.6 is 38.9 Å². The van der Waals surface area contributed by atoms with Gasteiger partial charge in [-0.2, -0.15) is 0 Å². The van der Waals surface area contributed by atoms with Crippen molar-refractivity contribution in [1.29, 1.82) is 0 Å². The molecule has 2 rings (SSSR count). The first kappa shape index (κ1) is 13.9. The molecule has 1 unspecified atom stereocenters. The molecule has 1 atom stereocenters. The van der Waals surface area contributed by atoms with E-state index in [1.807, 2.05) is 12.1 Å². The second kappa shape index (κ2) is 5.65. The Labute approximate surface area is 121 Å². The van der Waals surface area contributed by atoms with Gasteiger partial charge in [0.15, 0.2) is 11.6 Å². The van der Waals surface area contributed by atoms with Crippen LogP contribution < -0.4 is 5.32 Å². The van der Waals surface area contributed by atoms with Gasteiger partial charge in [0, 0.05) is 9.90 Å². The highest BCUT2D eigenvalue weighted by atomic mass is 79.9. The van der Waals surface area contributed by atoms with Gasteiger partial charge in [-0.05, 0) is 52.8 Å². The molecule has 1 heterocycles. The van der Waals surface area contributed by atoms with Gasteiger partial charge in [0.2, 0.25) is 0 Å². The Morgan fingerprint density at radius 3 is 2.50 bits per heavy atom. The second-order valence-electron chi connectivity index (χ2n) is 3.65. The molecule has 0 amide bonds. The number of halogens is 4. The monoisotopic (exact) mass is 351 g/mol. The van der Waals surface area contributed by atoms with E-state index in [4.69, 9.17) is 11.6 Å². The van der Waals surface area contributed by atoms with Crippen molar-refractivity contribution in [3.05, 3.63) is 55.1 Å². The van der Waals surface area contributed by atoms with Crippen LogP contribution in [0.2, 0.25) is 5.02 Å². The smallest absolute Gasteiger partial charge is 0.160 e. The zero-order chi connectivity index (χ0) is 13.3. The van der Waals surface area contributed by atoms with Gasteiger partial charge < -0.3 is 5.32 Å². The fourth-order valence-corrected chi connectivity index (χ4v) is 3.51. The predicted molar refractivity (Wildman–Crippen MR) is 74.3 cm³/mol. The molecule has 0 fully saturated rings. The summed E-state index contributed by atoms with van der Waals surface area (Å²) in [5, 5.41) is 3.26. The maximum absolute atomic E-state index is 13.3. The normalized spacial score (nSPS) is 12.7. The van der Waals surface area contributed by atoms with Crippen LogP contribution in [0.5, 0.6) is 0 Å². The van der Waals surface area contributed by atoms with Crippen LogP contribution in [0.4, 0.5) is 8.78 Å². The zero-order valence-corrected chi connectivity index (χ0v) is 12.5. The summed E-state index contributed by atoms with van der Waals surface area (Å²) in [5.41, 5.74) is 0.521. The first-order chi connectivity index (χ1) is 8.52. The van der Waals surface area contributed by atoms with Crippen molar-refractivity contribution in [2.24, 2.45) is 0 Å². The largest absolute Gasteiger partial charge is 0.309 e. The third kappa shape index (κ3) is 2.74. The van der Waals surface area contributed by atoms with Gasteiger partial charge in [-0.25, -0.2) is 8.78 Å². The summed E-state index contributed by atoms with van der Waals surface area (Å²) in [6, 6.07) is 5.68. The van der Waals surface area contributed by atoms with Crippen LogP contribution in [0.1, 0.15) is 16.5 Å². The maximum atomic E-state index is 13.3. The van der Waals surface area contributed by atoms with Crippen LogP contribution in [-0.4, -0.2) is 7.05 Å². The summed E-state index contributed by atoms with van der Waals surface area (Å²) in [6.45, 7) is 0. The molecule has 6 heteroatoms. The van der Waals surface area contributed by atoms with Crippen molar-refractivity contribution in [1.82, 2.24) is 5.32 Å². The van der Waals surface area contributed by atoms with Gasteiger partial charge >= 0.3 is 0 Å². The van der Waals surface area contributed by atoms with E-state index in [9.17, 15) is 8.78 Å². The highest BCUT2D eigenvalue weighted by Crippen LogP contribution is 2.34. The Balaban J connectivity index is 2.48. The molecule has 1 N–H and O–H groups in total. The van der Waals surface area contributed by atoms with Crippen molar-refractivity contribution in [3.63, 3.8) is 0 Å². The molecule has 1 aromatic carbocycles. The van der Waals surface area contributed by atoms with Crippen LogP contribution in [0.25, 0.3) is 0 Å². The van der Waals surface area contributed by atoms with E-state index in [2.05, 4.69) is 21.2 Å². The minimum Gasteiger partial charge on any atom is -0.309 e. The Morgan fingerprint density at radius 2 is 1.94 bits per heavy atom. The molecular formula is C12H9BrClF2NS. The number of hydrogen-bond acceptors (Lipinski definition) is 2. The molecule has 0 radical (unpaired) electrons. The third-order valence-corrected chi connectivity index (χ3v) is 4.53. The van der Waals surface area contributed by atoms with Crippen LogP contribution in [0, 0.1) is 11.6 Å². The van der Waals surface area contributed by atoms with Crippen LogP contribution in [-0.2, 0) is 0 Å². The minimum absolute atomic E-state index is 0.206. The second-order valence-corrected chi connectivity index (χ2v) is 6.55. The number of thiophene rings is 1. The molecule has 1 aromatic heterocycles. The van der Waals surface area contributed by atoms with E-state index in [0.717, 1.165) is 20.8 Å². The lowest BCUT2D eigenvalue weighted by Gasteiger charge is -2.16. The Kier molecular flexibility index (Phi) is 4.37. The summed E-state index contributed by atoms with van der Waals surface area (Å²) in [7, 11) is 1.75. The summed E-state index contributed by atoms with van der Waals surface area (Å²) < 4.78 is 27.3. The molecule has 96 valence electrons. The summed E-state index contributed by atoms with van der Waals surface area (Å²) in [6.07, 6.45) is 0. The van der Waals surface area contributed by atoms with Gasteiger partial charge in [-0.3, -0.25) is 0 Å². The summed E-state index contributed by atoms with van der Waals surface area (Å²) in [4.78, 5) is 0.970. The lowest BCUT2D eigenvalue weighted by atomic mass is 10.1. The quantitative estimate of drug-likeness (QED) is 0.786. The zero-order valence-electron chi connectivity index (χ0n) is 9.31.